The van der Waals surface area contributed by atoms with E-state index in [0.717, 1.165) is 0 Å². The summed E-state index contributed by atoms with van der Waals surface area (Å²) in [6.07, 6.45) is -0.693. The van der Waals surface area contributed by atoms with E-state index in [4.69, 9.17) is 10.8 Å². The minimum Gasteiger partial charge on any atom is -0.481 e. The van der Waals surface area contributed by atoms with E-state index < -0.39 is 54.7 Å². The molecule has 0 aliphatic carbocycles. The molecule has 2 unspecified atom stereocenters. The van der Waals surface area contributed by atoms with Crippen molar-refractivity contribution in [2.45, 2.75) is 31.3 Å². The molecule has 0 bridgehead atoms. The van der Waals surface area contributed by atoms with Crippen LogP contribution in [0.5, 0.6) is 0 Å². The van der Waals surface area contributed by atoms with Gasteiger partial charge in [-0.2, -0.15) is 0 Å². The van der Waals surface area contributed by atoms with Gasteiger partial charge in [0, 0.05) is 12.8 Å². The lowest BCUT2D eigenvalue weighted by Gasteiger charge is -2.21. The molecular weight excluding hydrogens is 384 g/mol. The highest BCUT2D eigenvalue weighted by atomic mass is 16.4. The Bertz CT molecular complexity index is 739. The first-order valence-electron chi connectivity index (χ1n) is 8.78. The first-order chi connectivity index (χ1) is 13.7. The van der Waals surface area contributed by atoms with Crippen LogP contribution in [0.15, 0.2) is 30.3 Å². The monoisotopic (exact) mass is 408 g/mol. The molecule has 0 fully saturated rings. The van der Waals surface area contributed by atoms with Gasteiger partial charge >= 0.3 is 11.9 Å². The molecule has 0 spiro atoms. The molecule has 0 radical (unpaired) electrons. The predicted molar refractivity (Wildman–Crippen MR) is 101 cm³/mol. The second-order valence-electron chi connectivity index (χ2n) is 6.12. The van der Waals surface area contributed by atoms with Crippen LogP contribution >= 0.6 is 0 Å². The number of nitrogens with two attached hydrogens (primary N) is 1. The molecule has 0 aliphatic rings. The number of aliphatic carboxylic acids is 2. The van der Waals surface area contributed by atoms with Gasteiger partial charge in [-0.05, 0) is 12.0 Å². The van der Waals surface area contributed by atoms with Crippen molar-refractivity contribution in [2.24, 2.45) is 5.73 Å². The summed E-state index contributed by atoms with van der Waals surface area (Å²) in [6.45, 7) is -0.707. The Hall–Kier alpha value is -3.47. The van der Waals surface area contributed by atoms with Crippen molar-refractivity contribution in [1.29, 1.82) is 0 Å². The van der Waals surface area contributed by atoms with Crippen molar-refractivity contribution in [3.8, 4) is 0 Å². The SMILES string of the molecule is NCC(=O)NCC(=O)NC(Cc1ccccc1)C(=O)NC(CCC(=O)O)C(=O)O. The van der Waals surface area contributed by atoms with Crippen LogP contribution in [0.3, 0.4) is 0 Å². The average molecular weight is 408 g/mol. The maximum atomic E-state index is 12.6. The van der Waals surface area contributed by atoms with E-state index in [9.17, 15) is 29.1 Å². The number of nitrogens with one attached hydrogen (secondary N) is 3. The molecule has 29 heavy (non-hydrogen) atoms. The summed E-state index contributed by atoms with van der Waals surface area (Å²) in [6, 6.07) is 6.13. The highest BCUT2D eigenvalue weighted by Gasteiger charge is 2.27. The number of rotatable bonds is 12. The van der Waals surface area contributed by atoms with Crippen molar-refractivity contribution >= 4 is 29.7 Å². The summed E-state index contributed by atoms with van der Waals surface area (Å²) < 4.78 is 0. The minimum absolute atomic E-state index is 0.0640. The number of hydrogen-bond donors (Lipinski definition) is 6. The molecule has 0 aliphatic heterocycles. The Morgan fingerprint density at radius 2 is 1.59 bits per heavy atom. The Morgan fingerprint density at radius 3 is 2.14 bits per heavy atom. The van der Waals surface area contributed by atoms with Gasteiger partial charge in [0.05, 0.1) is 13.1 Å². The molecular formula is C18H24N4O7. The highest BCUT2D eigenvalue weighted by Crippen LogP contribution is 2.05. The minimum atomic E-state index is -1.43. The zero-order valence-electron chi connectivity index (χ0n) is 15.6. The first-order valence-corrected chi connectivity index (χ1v) is 8.78. The number of amides is 3. The Kier molecular flexibility index (Phi) is 9.82. The van der Waals surface area contributed by atoms with Gasteiger partial charge in [0.1, 0.15) is 12.1 Å². The van der Waals surface area contributed by atoms with Crippen LogP contribution in [0, 0.1) is 0 Å². The van der Waals surface area contributed by atoms with Gasteiger partial charge in [-0.1, -0.05) is 30.3 Å². The summed E-state index contributed by atoms with van der Waals surface area (Å²) in [4.78, 5) is 57.8. The molecule has 1 aromatic rings. The Morgan fingerprint density at radius 1 is 0.931 bits per heavy atom. The third-order valence-electron chi connectivity index (χ3n) is 3.83. The van der Waals surface area contributed by atoms with E-state index in [1.807, 2.05) is 0 Å². The lowest BCUT2D eigenvalue weighted by molar-refractivity contribution is -0.143. The van der Waals surface area contributed by atoms with Crippen molar-refractivity contribution in [3.63, 3.8) is 0 Å². The standard InChI is InChI=1S/C18H24N4O7/c19-9-14(23)20-10-15(24)21-13(8-11-4-2-1-3-5-11)17(27)22-12(18(28)29)6-7-16(25)26/h1-5,12-13H,6-10,19H2,(H,20,23)(H,21,24)(H,22,27)(H,25,26)(H,28,29). The topological polar surface area (TPSA) is 188 Å². The lowest BCUT2D eigenvalue weighted by atomic mass is 10.0. The highest BCUT2D eigenvalue weighted by molar-refractivity contribution is 5.92. The second kappa shape index (κ2) is 12.1. The van der Waals surface area contributed by atoms with Gasteiger partial charge in [0.2, 0.25) is 17.7 Å². The third kappa shape index (κ3) is 9.33. The quantitative estimate of drug-likeness (QED) is 0.234. The second-order valence-corrected chi connectivity index (χ2v) is 6.12. The van der Waals surface area contributed by atoms with Crippen LogP contribution in [-0.2, 0) is 30.4 Å². The summed E-state index contributed by atoms with van der Waals surface area (Å²) in [5, 5.41) is 24.9. The van der Waals surface area contributed by atoms with E-state index in [0.29, 0.717) is 5.56 Å². The van der Waals surface area contributed by atoms with Crippen molar-refractivity contribution in [3.05, 3.63) is 35.9 Å². The Balaban J connectivity index is 2.85. The molecule has 0 saturated heterocycles. The molecule has 0 heterocycles. The molecule has 0 aromatic heterocycles. The number of carbonyl (C=O) groups is 5. The van der Waals surface area contributed by atoms with Crippen molar-refractivity contribution in [1.82, 2.24) is 16.0 Å². The van der Waals surface area contributed by atoms with Crippen LogP contribution in [0.4, 0.5) is 0 Å². The number of hydrogen-bond acceptors (Lipinski definition) is 6. The first kappa shape index (κ1) is 23.6. The van der Waals surface area contributed by atoms with Gasteiger partial charge < -0.3 is 31.9 Å². The van der Waals surface area contributed by atoms with Gasteiger partial charge in [0.15, 0.2) is 0 Å². The van der Waals surface area contributed by atoms with Gasteiger partial charge in [-0.25, -0.2) is 4.79 Å². The van der Waals surface area contributed by atoms with Crippen LogP contribution < -0.4 is 21.7 Å². The number of carbonyl (C=O) groups excluding carboxylic acids is 3. The van der Waals surface area contributed by atoms with Crippen LogP contribution in [-0.4, -0.2) is 65.0 Å². The average Bonchev–Trinajstić information content (AvgIpc) is 2.68. The molecule has 7 N–H and O–H groups in total. The van der Waals surface area contributed by atoms with Gasteiger partial charge in [-0.15, -0.1) is 0 Å². The van der Waals surface area contributed by atoms with E-state index in [1.165, 1.54) is 0 Å². The number of carboxylic acids is 2. The smallest absolute Gasteiger partial charge is 0.326 e. The van der Waals surface area contributed by atoms with Gasteiger partial charge in [0.25, 0.3) is 0 Å². The lowest BCUT2D eigenvalue weighted by Crippen LogP contribution is -2.54. The summed E-state index contributed by atoms with van der Waals surface area (Å²) in [7, 11) is 0. The maximum absolute atomic E-state index is 12.6. The fourth-order valence-electron chi connectivity index (χ4n) is 2.35. The van der Waals surface area contributed by atoms with E-state index in [-0.39, 0.29) is 19.4 Å². The molecule has 1 rings (SSSR count). The Labute approximate surface area is 166 Å². The summed E-state index contributed by atoms with van der Waals surface area (Å²) in [5.41, 5.74) is 5.84. The molecule has 158 valence electrons. The molecule has 11 heteroatoms. The zero-order valence-corrected chi connectivity index (χ0v) is 15.6. The van der Waals surface area contributed by atoms with E-state index >= 15 is 0 Å². The van der Waals surface area contributed by atoms with Gasteiger partial charge in [-0.3, -0.25) is 19.2 Å². The summed E-state index contributed by atoms with van der Waals surface area (Å²) >= 11 is 0. The normalized spacial score (nSPS) is 12.3. The number of benzene rings is 1. The van der Waals surface area contributed by atoms with E-state index in [2.05, 4.69) is 16.0 Å². The molecule has 2 atom stereocenters. The van der Waals surface area contributed by atoms with Crippen LogP contribution in [0.2, 0.25) is 0 Å². The molecule has 1 aromatic carbocycles. The molecule has 0 saturated carbocycles. The van der Waals surface area contributed by atoms with E-state index in [1.54, 1.807) is 30.3 Å². The van der Waals surface area contributed by atoms with Crippen molar-refractivity contribution < 1.29 is 34.2 Å². The predicted octanol–water partition coefficient (Wildman–Crippen LogP) is -1.78. The molecule has 11 nitrogen and oxygen atoms in total. The number of carboxylic acid groups (broad SMARTS) is 2. The third-order valence-corrected chi connectivity index (χ3v) is 3.83. The van der Waals surface area contributed by atoms with Crippen LogP contribution in [0.1, 0.15) is 18.4 Å². The fraction of sp³-hybridized carbons (Fsp3) is 0.389. The summed E-state index contributed by atoms with van der Waals surface area (Å²) in [5.74, 6) is -4.59. The maximum Gasteiger partial charge on any atom is 0.326 e. The molecule has 3 amide bonds. The fourth-order valence-corrected chi connectivity index (χ4v) is 2.35. The largest absolute Gasteiger partial charge is 0.481 e. The van der Waals surface area contributed by atoms with Crippen LogP contribution in [0.25, 0.3) is 0 Å². The van der Waals surface area contributed by atoms with Crippen molar-refractivity contribution in [2.75, 3.05) is 13.1 Å². The zero-order chi connectivity index (χ0) is 21.8.